The lowest BCUT2D eigenvalue weighted by atomic mass is 9.83. The van der Waals surface area contributed by atoms with Gasteiger partial charge in [0.2, 0.25) is 0 Å². The quantitative estimate of drug-likeness (QED) is 0.835. The van der Waals surface area contributed by atoms with Crippen LogP contribution >= 0.6 is 11.6 Å². The molecule has 0 saturated carbocycles. The average molecular weight is 272 g/mol. The third-order valence-electron chi connectivity index (χ3n) is 3.38. The number of nitrogens with one attached hydrogen (secondary N) is 1. The third-order valence-corrected chi connectivity index (χ3v) is 3.73. The number of benzene rings is 1. The second-order valence-corrected chi connectivity index (χ2v) is 6.21. The van der Waals surface area contributed by atoms with E-state index in [1.165, 1.54) is 6.07 Å². The zero-order chi connectivity index (χ0) is 13.8. The Hall–Kier alpha value is -0.600. The van der Waals surface area contributed by atoms with Crippen molar-refractivity contribution in [3.05, 3.63) is 34.6 Å². The van der Waals surface area contributed by atoms with Gasteiger partial charge in [0.05, 0.1) is 0 Å². The Morgan fingerprint density at radius 3 is 2.50 bits per heavy atom. The van der Waals surface area contributed by atoms with Gasteiger partial charge in [-0.15, -0.1) is 0 Å². The minimum Gasteiger partial charge on any atom is -0.316 e. The van der Waals surface area contributed by atoms with Crippen LogP contribution < -0.4 is 5.32 Å². The number of rotatable bonds is 5. The van der Waals surface area contributed by atoms with Crippen LogP contribution in [0.2, 0.25) is 5.02 Å². The molecule has 0 aliphatic carbocycles. The predicted molar refractivity (Wildman–Crippen MR) is 76.7 cm³/mol. The van der Waals surface area contributed by atoms with Crippen molar-refractivity contribution in [3.8, 4) is 0 Å². The first-order chi connectivity index (χ1) is 8.36. The van der Waals surface area contributed by atoms with Gasteiger partial charge in [0, 0.05) is 16.6 Å². The van der Waals surface area contributed by atoms with Crippen LogP contribution in [0.1, 0.15) is 39.2 Å². The molecule has 1 atom stereocenters. The van der Waals surface area contributed by atoms with E-state index in [2.05, 4.69) is 26.1 Å². The van der Waals surface area contributed by atoms with Gasteiger partial charge >= 0.3 is 0 Å². The van der Waals surface area contributed by atoms with Gasteiger partial charge in [-0.25, -0.2) is 4.39 Å². The van der Waals surface area contributed by atoms with Crippen molar-refractivity contribution in [2.75, 3.05) is 7.05 Å². The van der Waals surface area contributed by atoms with E-state index in [0.29, 0.717) is 23.0 Å². The Labute approximate surface area is 115 Å². The monoisotopic (exact) mass is 271 g/mol. The van der Waals surface area contributed by atoms with Crippen LogP contribution in [0.3, 0.4) is 0 Å². The number of hydrogen-bond acceptors (Lipinski definition) is 1. The Kier molecular flexibility index (Phi) is 5.61. The molecular weight excluding hydrogens is 249 g/mol. The van der Waals surface area contributed by atoms with Crippen LogP contribution in [0, 0.1) is 11.2 Å². The molecular formula is C15H23ClFN. The van der Waals surface area contributed by atoms with E-state index in [1.54, 1.807) is 12.1 Å². The average Bonchev–Trinajstić information content (AvgIpc) is 2.26. The Bertz CT molecular complexity index is 364. The summed E-state index contributed by atoms with van der Waals surface area (Å²) in [4.78, 5) is 0. The molecule has 0 bridgehead atoms. The zero-order valence-electron chi connectivity index (χ0n) is 11.7. The smallest absolute Gasteiger partial charge is 0.127 e. The Morgan fingerprint density at radius 2 is 2.00 bits per heavy atom. The van der Waals surface area contributed by atoms with Crippen LogP contribution in [-0.4, -0.2) is 13.1 Å². The van der Waals surface area contributed by atoms with Crippen LogP contribution in [0.25, 0.3) is 0 Å². The van der Waals surface area contributed by atoms with Crippen LogP contribution in [0.5, 0.6) is 0 Å². The van der Waals surface area contributed by atoms with Crippen molar-refractivity contribution >= 4 is 11.6 Å². The fraction of sp³-hybridized carbons (Fsp3) is 0.600. The van der Waals surface area contributed by atoms with Gasteiger partial charge in [-0.1, -0.05) is 38.4 Å². The van der Waals surface area contributed by atoms with Gasteiger partial charge < -0.3 is 5.32 Å². The van der Waals surface area contributed by atoms with Crippen LogP contribution in [-0.2, 0) is 6.42 Å². The van der Waals surface area contributed by atoms with Crippen molar-refractivity contribution in [2.24, 2.45) is 5.41 Å². The highest BCUT2D eigenvalue weighted by molar-refractivity contribution is 6.31. The minimum atomic E-state index is -0.195. The highest BCUT2D eigenvalue weighted by atomic mass is 35.5. The molecule has 1 aromatic rings. The first-order valence-corrected chi connectivity index (χ1v) is 6.84. The van der Waals surface area contributed by atoms with E-state index in [0.717, 1.165) is 12.8 Å². The lowest BCUT2D eigenvalue weighted by molar-refractivity contribution is 0.263. The van der Waals surface area contributed by atoms with Gasteiger partial charge in [-0.3, -0.25) is 0 Å². The number of halogens is 2. The van der Waals surface area contributed by atoms with E-state index in [4.69, 9.17) is 11.6 Å². The molecule has 1 rings (SSSR count). The molecule has 0 fully saturated rings. The summed E-state index contributed by atoms with van der Waals surface area (Å²) < 4.78 is 13.6. The molecule has 0 radical (unpaired) electrons. The van der Waals surface area contributed by atoms with Gasteiger partial charge in [0.1, 0.15) is 5.82 Å². The molecule has 0 aliphatic heterocycles. The molecule has 18 heavy (non-hydrogen) atoms. The fourth-order valence-electron chi connectivity index (χ4n) is 2.26. The van der Waals surface area contributed by atoms with Crippen molar-refractivity contribution in [1.29, 1.82) is 0 Å². The Balaban J connectivity index is 2.56. The van der Waals surface area contributed by atoms with E-state index in [1.807, 2.05) is 7.05 Å². The van der Waals surface area contributed by atoms with Gasteiger partial charge in [0.25, 0.3) is 0 Å². The predicted octanol–water partition coefficient (Wildman–Crippen LogP) is 4.44. The molecule has 0 spiro atoms. The lowest BCUT2D eigenvalue weighted by Crippen LogP contribution is -2.37. The second kappa shape index (κ2) is 6.53. The summed E-state index contributed by atoms with van der Waals surface area (Å²) in [7, 11) is 1.98. The van der Waals surface area contributed by atoms with Crippen LogP contribution in [0.4, 0.5) is 4.39 Å². The van der Waals surface area contributed by atoms with Crippen molar-refractivity contribution in [2.45, 2.75) is 46.1 Å². The third kappa shape index (κ3) is 4.25. The molecule has 1 N–H and O–H groups in total. The van der Waals surface area contributed by atoms with Gasteiger partial charge in [-0.2, -0.15) is 0 Å². The van der Waals surface area contributed by atoms with Crippen molar-refractivity contribution in [3.63, 3.8) is 0 Å². The summed E-state index contributed by atoms with van der Waals surface area (Å²) in [6, 6.07) is 5.30. The molecule has 102 valence electrons. The molecule has 3 heteroatoms. The highest BCUT2D eigenvalue weighted by Crippen LogP contribution is 2.25. The molecule has 0 aromatic heterocycles. The summed E-state index contributed by atoms with van der Waals surface area (Å²) in [5, 5.41) is 3.86. The van der Waals surface area contributed by atoms with E-state index >= 15 is 0 Å². The molecule has 0 amide bonds. The Morgan fingerprint density at radius 1 is 1.33 bits per heavy atom. The molecule has 1 nitrogen and oxygen atoms in total. The van der Waals surface area contributed by atoms with E-state index < -0.39 is 0 Å². The SMILES string of the molecule is CNC(CCCc1c(F)cccc1Cl)C(C)(C)C. The summed E-state index contributed by atoms with van der Waals surface area (Å²) in [5.74, 6) is -0.195. The summed E-state index contributed by atoms with van der Waals surface area (Å²) in [5.41, 5.74) is 0.858. The van der Waals surface area contributed by atoms with Crippen LogP contribution in [0.15, 0.2) is 18.2 Å². The van der Waals surface area contributed by atoms with Gasteiger partial charge in [0.15, 0.2) is 0 Å². The summed E-state index contributed by atoms with van der Waals surface area (Å²) in [6.07, 6.45) is 2.65. The second-order valence-electron chi connectivity index (χ2n) is 5.80. The lowest BCUT2D eigenvalue weighted by Gasteiger charge is -2.30. The molecule has 1 unspecified atom stereocenters. The topological polar surface area (TPSA) is 12.0 Å². The van der Waals surface area contributed by atoms with Crippen molar-refractivity contribution < 1.29 is 4.39 Å². The maximum Gasteiger partial charge on any atom is 0.127 e. The standard InChI is InChI=1S/C15H23ClFN/c1-15(2,3)14(18-4)10-5-7-11-12(16)8-6-9-13(11)17/h6,8-9,14,18H,5,7,10H2,1-4H3. The maximum absolute atomic E-state index is 13.6. The summed E-state index contributed by atoms with van der Waals surface area (Å²) in [6.45, 7) is 6.64. The number of hydrogen-bond donors (Lipinski definition) is 1. The zero-order valence-corrected chi connectivity index (χ0v) is 12.4. The first kappa shape index (κ1) is 15.5. The normalized spacial score (nSPS) is 13.7. The molecule has 0 heterocycles. The van der Waals surface area contributed by atoms with E-state index in [-0.39, 0.29) is 11.2 Å². The fourth-order valence-corrected chi connectivity index (χ4v) is 2.52. The summed E-state index contributed by atoms with van der Waals surface area (Å²) >= 11 is 6.01. The minimum absolute atomic E-state index is 0.195. The highest BCUT2D eigenvalue weighted by Gasteiger charge is 2.22. The van der Waals surface area contributed by atoms with Crippen molar-refractivity contribution in [1.82, 2.24) is 5.32 Å². The van der Waals surface area contributed by atoms with Gasteiger partial charge in [-0.05, 0) is 43.9 Å². The molecule has 1 aromatic carbocycles. The van der Waals surface area contributed by atoms with E-state index in [9.17, 15) is 4.39 Å². The largest absolute Gasteiger partial charge is 0.316 e. The first-order valence-electron chi connectivity index (χ1n) is 6.46. The maximum atomic E-state index is 13.6. The molecule has 0 saturated heterocycles. The molecule has 0 aliphatic rings.